The van der Waals surface area contributed by atoms with Crippen LogP contribution in [0, 0.1) is 0 Å². The fourth-order valence-electron chi connectivity index (χ4n) is 3.82. The molecule has 3 aromatic rings. The van der Waals surface area contributed by atoms with Crippen molar-refractivity contribution in [2.24, 2.45) is 0 Å². The van der Waals surface area contributed by atoms with Gasteiger partial charge in [0.1, 0.15) is 11.4 Å². The minimum Gasteiger partial charge on any atom is -0.497 e. The van der Waals surface area contributed by atoms with Crippen LogP contribution in [-0.2, 0) is 9.53 Å². The van der Waals surface area contributed by atoms with Gasteiger partial charge in [0.25, 0.3) is 5.91 Å². The first-order valence-electron chi connectivity index (χ1n) is 10.9. The van der Waals surface area contributed by atoms with Crippen LogP contribution in [0.2, 0.25) is 0 Å². The first kappa shape index (κ1) is 22.4. The van der Waals surface area contributed by atoms with Crippen LogP contribution in [0.3, 0.4) is 0 Å². The molecule has 4 rings (SSSR count). The van der Waals surface area contributed by atoms with Gasteiger partial charge in [-0.15, -0.1) is 0 Å². The van der Waals surface area contributed by atoms with Crippen molar-refractivity contribution in [2.45, 2.75) is 26.4 Å². The standard InChI is InChI=1S/C27H28N2O4/c1-27(2,3)33-26(31)29-16-15-28(24-18-22(32-4)12-13-23(24)29)25(30)14-10-19-9-11-20-7-5-6-8-21(20)17-19/h5-14,17-18H,15-16H2,1-4H3. The molecule has 6 nitrogen and oxygen atoms in total. The molecule has 2 amide bonds. The maximum absolute atomic E-state index is 13.2. The summed E-state index contributed by atoms with van der Waals surface area (Å²) in [5, 5.41) is 2.27. The lowest BCUT2D eigenvalue weighted by Gasteiger charge is -2.37. The predicted octanol–water partition coefficient (Wildman–Crippen LogP) is 5.65. The highest BCUT2D eigenvalue weighted by Gasteiger charge is 2.32. The van der Waals surface area contributed by atoms with Crippen LogP contribution in [0.25, 0.3) is 16.8 Å². The van der Waals surface area contributed by atoms with Crippen molar-refractivity contribution in [3.63, 3.8) is 0 Å². The Bertz CT molecular complexity index is 1230. The van der Waals surface area contributed by atoms with E-state index in [1.54, 1.807) is 41.2 Å². The molecule has 0 spiro atoms. The van der Waals surface area contributed by atoms with Crippen molar-refractivity contribution in [3.05, 3.63) is 72.3 Å². The van der Waals surface area contributed by atoms with Crippen molar-refractivity contribution in [2.75, 3.05) is 30.0 Å². The molecule has 0 aromatic heterocycles. The van der Waals surface area contributed by atoms with Crippen molar-refractivity contribution >= 4 is 40.2 Å². The molecule has 0 atom stereocenters. The zero-order valence-corrected chi connectivity index (χ0v) is 19.4. The van der Waals surface area contributed by atoms with Gasteiger partial charge in [-0.2, -0.15) is 0 Å². The topological polar surface area (TPSA) is 59.1 Å². The lowest BCUT2D eigenvalue weighted by molar-refractivity contribution is -0.114. The van der Waals surface area contributed by atoms with Gasteiger partial charge < -0.3 is 14.4 Å². The molecule has 0 saturated heterocycles. The first-order valence-corrected chi connectivity index (χ1v) is 10.9. The van der Waals surface area contributed by atoms with E-state index in [9.17, 15) is 9.59 Å². The highest BCUT2D eigenvalue weighted by atomic mass is 16.6. The van der Waals surface area contributed by atoms with Crippen molar-refractivity contribution in [3.8, 4) is 5.75 Å². The molecule has 33 heavy (non-hydrogen) atoms. The van der Waals surface area contributed by atoms with Gasteiger partial charge in [0.05, 0.1) is 18.5 Å². The molecular formula is C27H28N2O4. The summed E-state index contributed by atoms with van der Waals surface area (Å²) in [7, 11) is 1.57. The Morgan fingerprint density at radius 3 is 2.33 bits per heavy atom. The van der Waals surface area contributed by atoms with E-state index in [0.29, 0.717) is 30.2 Å². The van der Waals surface area contributed by atoms with Crippen LogP contribution in [0.5, 0.6) is 5.75 Å². The number of methoxy groups -OCH3 is 1. The van der Waals surface area contributed by atoms with Crippen LogP contribution < -0.4 is 14.5 Å². The smallest absolute Gasteiger partial charge is 0.414 e. The Balaban J connectivity index is 1.61. The van der Waals surface area contributed by atoms with E-state index >= 15 is 0 Å². The van der Waals surface area contributed by atoms with Gasteiger partial charge in [0.2, 0.25) is 0 Å². The summed E-state index contributed by atoms with van der Waals surface area (Å²) in [5.74, 6) is 0.442. The lowest BCUT2D eigenvalue weighted by Crippen LogP contribution is -2.47. The molecule has 0 bridgehead atoms. The number of fused-ring (bicyclic) bond motifs is 2. The monoisotopic (exact) mass is 444 g/mol. The molecule has 0 aliphatic carbocycles. The minimum atomic E-state index is -0.612. The van der Waals surface area contributed by atoms with Crippen LogP contribution in [0.1, 0.15) is 26.3 Å². The number of nitrogens with zero attached hydrogens (tertiary/aromatic N) is 2. The summed E-state index contributed by atoms with van der Waals surface area (Å²) in [5.41, 5.74) is 1.56. The van der Waals surface area contributed by atoms with Crippen LogP contribution in [0.4, 0.5) is 16.2 Å². The predicted molar refractivity (Wildman–Crippen MR) is 132 cm³/mol. The summed E-state index contributed by atoms with van der Waals surface area (Å²) in [4.78, 5) is 29.2. The van der Waals surface area contributed by atoms with Gasteiger partial charge in [-0.3, -0.25) is 9.69 Å². The third-order valence-corrected chi connectivity index (χ3v) is 5.38. The number of benzene rings is 3. The lowest BCUT2D eigenvalue weighted by atomic mass is 10.1. The fraction of sp³-hybridized carbons (Fsp3) is 0.259. The van der Waals surface area contributed by atoms with Crippen molar-refractivity contribution in [1.82, 2.24) is 0 Å². The zero-order chi connectivity index (χ0) is 23.6. The van der Waals surface area contributed by atoms with Gasteiger partial charge in [-0.05, 0) is 61.4 Å². The Kier molecular flexibility index (Phi) is 6.09. The maximum Gasteiger partial charge on any atom is 0.414 e. The van der Waals surface area contributed by atoms with Crippen LogP contribution in [0.15, 0.2) is 66.7 Å². The highest BCUT2D eigenvalue weighted by Crippen LogP contribution is 2.37. The molecule has 1 aliphatic rings. The average Bonchev–Trinajstić information content (AvgIpc) is 2.80. The Morgan fingerprint density at radius 2 is 1.61 bits per heavy atom. The van der Waals surface area contributed by atoms with E-state index in [1.807, 2.05) is 57.2 Å². The molecule has 0 unspecified atom stereocenters. The number of carbonyl (C=O) groups excluding carboxylic acids is 2. The van der Waals surface area contributed by atoms with Gasteiger partial charge in [0, 0.05) is 25.2 Å². The maximum atomic E-state index is 13.2. The number of ether oxygens (including phenoxy) is 2. The normalized spacial score (nSPS) is 13.8. The SMILES string of the molecule is COc1ccc2c(c1)N(C(=O)C=Cc1ccc3ccccc3c1)CCN2C(=O)OC(C)(C)C. The minimum absolute atomic E-state index is 0.165. The summed E-state index contributed by atoms with van der Waals surface area (Å²) in [6, 6.07) is 19.5. The van der Waals surface area contributed by atoms with Gasteiger partial charge in [-0.25, -0.2) is 4.79 Å². The molecule has 0 radical (unpaired) electrons. The van der Waals surface area contributed by atoms with E-state index in [4.69, 9.17) is 9.47 Å². The van der Waals surface area contributed by atoms with E-state index in [2.05, 4.69) is 12.1 Å². The van der Waals surface area contributed by atoms with E-state index < -0.39 is 11.7 Å². The fourth-order valence-corrected chi connectivity index (χ4v) is 3.82. The number of rotatable bonds is 3. The largest absolute Gasteiger partial charge is 0.497 e. The van der Waals surface area contributed by atoms with Crippen molar-refractivity contribution < 1.29 is 19.1 Å². The number of hydrogen-bond acceptors (Lipinski definition) is 4. The molecule has 0 fully saturated rings. The molecule has 0 saturated carbocycles. The van der Waals surface area contributed by atoms with Gasteiger partial charge >= 0.3 is 6.09 Å². The second-order valence-corrected chi connectivity index (χ2v) is 8.92. The van der Waals surface area contributed by atoms with Gasteiger partial charge in [-0.1, -0.05) is 36.4 Å². The molecular weight excluding hydrogens is 416 g/mol. The Labute approximate surface area is 194 Å². The van der Waals surface area contributed by atoms with Crippen molar-refractivity contribution in [1.29, 1.82) is 0 Å². The summed E-state index contributed by atoms with van der Waals surface area (Å²) in [6.07, 6.45) is 2.94. The molecule has 6 heteroatoms. The highest BCUT2D eigenvalue weighted by molar-refractivity contribution is 6.08. The second-order valence-electron chi connectivity index (χ2n) is 8.92. The zero-order valence-electron chi connectivity index (χ0n) is 19.4. The van der Waals surface area contributed by atoms with Crippen LogP contribution >= 0.6 is 0 Å². The molecule has 3 aromatic carbocycles. The summed E-state index contributed by atoms with van der Waals surface area (Å²) < 4.78 is 10.9. The number of amides is 2. The average molecular weight is 445 g/mol. The first-order chi connectivity index (χ1) is 15.7. The second kappa shape index (κ2) is 8.98. The number of carbonyl (C=O) groups is 2. The summed E-state index contributed by atoms with van der Waals surface area (Å²) in [6.45, 7) is 6.18. The van der Waals surface area contributed by atoms with E-state index in [0.717, 1.165) is 16.3 Å². The molecule has 1 aliphatic heterocycles. The summed E-state index contributed by atoms with van der Waals surface area (Å²) >= 11 is 0. The van der Waals surface area contributed by atoms with Gasteiger partial charge in [0.15, 0.2) is 0 Å². The van der Waals surface area contributed by atoms with Crippen LogP contribution in [-0.4, -0.2) is 37.8 Å². The Hall–Kier alpha value is -3.80. The molecule has 1 heterocycles. The number of anilines is 2. The molecule has 0 N–H and O–H groups in total. The third kappa shape index (κ3) is 5.00. The Morgan fingerprint density at radius 1 is 0.879 bits per heavy atom. The molecule has 170 valence electrons. The third-order valence-electron chi connectivity index (χ3n) is 5.38. The van der Waals surface area contributed by atoms with E-state index in [-0.39, 0.29) is 5.91 Å². The number of hydrogen-bond donors (Lipinski definition) is 0. The van der Waals surface area contributed by atoms with E-state index in [1.165, 1.54) is 0 Å². The quantitative estimate of drug-likeness (QED) is 0.490.